The van der Waals surface area contributed by atoms with E-state index in [0.29, 0.717) is 0 Å². The van der Waals surface area contributed by atoms with Crippen molar-refractivity contribution < 1.29 is 31.5 Å². The standard InChI is InChI=1S/C18H32.C14H5F5O2/c1-13-3-6-15(7-4-13)17-10-9-16-11-14(2)5-8-18(16)12-17;15-12-6-8-5-9(21-7-20)1-2-10(8)13(16)11(12)3-4-14(17,18)19/h13-18H,3-12H2,1-2H3;1-2,5-7H. The van der Waals surface area contributed by atoms with Crippen molar-refractivity contribution in [2.24, 2.45) is 35.5 Å². The zero-order valence-electron chi connectivity index (χ0n) is 22.6. The number of ether oxygens (including phenoxy) is 1. The number of carbonyl (C=O) groups is 1. The summed E-state index contributed by atoms with van der Waals surface area (Å²) < 4.78 is 68.1. The molecule has 212 valence electrons. The number of hydrogen-bond donors (Lipinski definition) is 0. The maximum Gasteiger partial charge on any atom is 0.458 e. The molecule has 3 fully saturated rings. The molecule has 7 heteroatoms. The molecule has 3 aliphatic rings. The van der Waals surface area contributed by atoms with Crippen LogP contribution in [-0.4, -0.2) is 12.6 Å². The lowest BCUT2D eigenvalue weighted by molar-refractivity contribution is -0.120. The van der Waals surface area contributed by atoms with Gasteiger partial charge >= 0.3 is 6.18 Å². The fraction of sp³-hybridized carbons (Fsp3) is 0.594. The van der Waals surface area contributed by atoms with E-state index in [0.717, 1.165) is 53.6 Å². The van der Waals surface area contributed by atoms with Crippen molar-refractivity contribution in [2.45, 2.75) is 84.2 Å². The van der Waals surface area contributed by atoms with Gasteiger partial charge in [-0.3, -0.25) is 4.79 Å². The van der Waals surface area contributed by atoms with E-state index in [2.05, 4.69) is 18.6 Å². The molecule has 0 N–H and O–H groups in total. The molecule has 0 heterocycles. The number of hydrogen-bond acceptors (Lipinski definition) is 2. The van der Waals surface area contributed by atoms with Crippen LogP contribution in [0.3, 0.4) is 0 Å². The van der Waals surface area contributed by atoms with Crippen LogP contribution >= 0.6 is 0 Å². The van der Waals surface area contributed by atoms with Crippen LogP contribution in [0.15, 0.2) is 24.3 Å². The van der Waals surface area contributed by atoms with Gasteiger partial charge in [0.1, 0.15) is 17.4 Å². The normalized spacial score (nSPS) is 28.8. The van der Waals surface area contributed by atoms with Crippen LogP contribution in [0.2, 0.25) is 0 Å². The monoisotopic (exact) mass is 548 g/mol. The summed E-state index contributed by atoms with van der Waals surface area (Å²) in [5.41, 5.74) is -0.969. The molecule has 3 aliphatic carbocycles. The smallest absolute Gasteiger partial charge is 0.429 e. The number of halogens is 5. The molecule has 0 radical (unpaired) electrons. The Balaban J connectivity index is 0.000000183. The lowest BCUT2D eigenvalue weighted by Gasteiger charge is -2.44. The number of alkyl halides is 3. The van der Waals surface area contributed by atoms with Gasteiger partial charge in [0.15, 0.2) is 0 Å². The van der Waals surface area contributed by atoms with Gasteiger partial charge in [0.2, 0.25) is 0 Å². The van der Waals surface area contributed by atoms with E-state index in [4.69, 9.17) is 0 Å². The van der Waals surface area contributed by atoms with E-state index in [9.17, 15) is 26.7 Å². The maximum absolute atomic E-state index is 14.0. The number of fused-ring (bicyclic) bond motifs is 2. The summed E-state index contributed by atoms with van der Waals surface area (Å²) in [5, 5.41) is -0.108. The molecular weight excluding hydrogens is 511 g/mol. The van der Waals surface area contributed by atoms with Crippen molar-refractivity contribution in [1.29, 1.82) is 0 Å². The van der Waals surface area contributed by atoms with Crippen molar-refractivity contribution in [3.05, 3.63) is 41.5 Å². The topological polar surface area (TPSA) is 26.3 Å². The van der Waals surface area contributed by atoms with Crippen molar-refractivity contribution in [1.82, 2.24) is 0 Å². The van der Waals surface area contributed by atoms with E-state index < -0.39 is 23.4 Å². The summed E-state index contributed by atoms with van der Waals surface area (Å²) in [7, 11) is 0. The Morgan fingerprint density at radius 2 is 1.41 bits per heavy atom. The third kappa shape index (κ3) is 7.74. The van der Waals surface area contributed by atoms with Gasteiger partial charge in [0.05, 0.1) is 5.56 Å². The first-order chi connectivity index (χ1) is 18.5. The summed E-state index contributed by atoms with van der Waals surface area (Å²) in [6.07, 6.45) is 10.7. The fourth-order valence-corrected chi connectivity index (χ4v) is 7.03. The van der Waals surface area contributed by atoms with E-state index in [1.54, 1.807) is 44.9 Å². The average molecular weight is 549 g/mol. The predicted octanol–water partition coefficient (Wildman–Crippen LogP) is 9.23. The minimum atomic E-state index is -4.85. The highest BCUT2D eigenvalue weighted by Gasteiger charge is 2.37. The Labute approximate surface area is 227 Å². The fourth-order valence-electron chi connectivity index (χ4n) is 7.03. The zero-order chi connectivity index (χ0) is 28.2. The highest BCUT2D eigenvalue weighted by molar-refractivity contribution is 5.86. The molecular formula is C32H37F5O2. The molecule has 0 amide bonds. The van der Waals surface area contributed by atoms with E-state index >= 15 is 0 Å². The SMILES string of the molecule is CC1CCC(C2CCC3CC(C)CCC3C2)CC1.O=COc1ccc2c(F)c(C#CC(F)(F)F)c(F)cc2c1. The second kappa shape index (κ2) is 12.7. The largest absolute Gasteiger partial charge is 0.458 e. The summed E-state index contributed by atoms with van der Waals surface area (Å²) >= 11 is 0. The summed E-state index contributed by atoms with van der Waals surface area (Å²) in [6, 6.07) is 4.37. The molecule has 4 unspecified atom stereocenters. The van der Waals surface area contributed by atoms with Crippen LogP contribution in [0.25, 0.3) is 10.8 Å². The molecule has 0 bridgehead atoms. The van der Waals surface area contributed by atoms with Crippen molar-refractivity contribution in [3.8, 4) is 17.6 Å². The van der Waals surface area contributed by atoms with E-state index in [1.807, 2.05) is 0 Å². The first kappa shape index (κ1) is 29.4. The predicted molar refractivity (Wildman–Crippen MR) is 142 cm³/mol. The van der Waals surface area contributed by atoms with Crippen LogP contribution in [0.4, 0.5) is 22.0 Å². The maximum atomic E-state index is 14.0. The molecule has 0 aliphatic heterocycles. The second-order valence-electron chi connectivity index (χ2n) is 11.9. The molecule has 2 aromatic rings. The third-order valence-corrected chi connectivity index (χ3v) is 9.16. The van der Waals surface area contributed by atoms with Gasteiger partial charge in [-0.05, 0) is 110 Å². The number of rotatable bonds is 3. The molecule has 0 aromatic heterocycles. The van der Waals surface area contributed by atoms with Crippen LogP contribution in [0.1, 0.15) is 83.6 Å². The minimum Gasteiger partial charge on any atom is -0.429 e. The van der Waals surface area contributed by atoms with Crippen LogP contribution < -0.4 is 4.74 Å². The van der Waals surface area contributed by atoms with E-state index in [1.165, 1.54) is 37.3 Å². The Hall–Kier alpha value is -2.62. The van der Waals surface area contributed by atoms with Crippen LogP contribution in [0.5, 0.6) is 5.75 Å². The highest BCUT2D eigenvalue weighted by Crippen LogP contribution is 2.48. The van der Waals surface area contributed by atoms with Gasteiger partial charge in [0, 0.05) is 11.3 Å². The van der Waals surface area contributed by atoms with Gasteiger partial charge in [-0.25, -0.2) is 8.78 Å². The van der Waals surface area contributed by atoms with Gasteiger partial charge in [-0.15, -0.1) is 0 Å². The molecule has 2 aromatic carbocycles. The van der Waals surface area contributed by atoms with Crippen molar-refractivity contribution >= 4 is 17.2 Å². The Morgan fingerprint density at radius 3 is 2.08 bits per heavy atom. The number of carbonyl (C=O) groups excluding carboxylic acids is 1. The lowest BCUT2D eigenvalue weighted by atomic mass is 9.61. The summed E-state index contributed by atoms with van der Waals surface area (Å²) in [5.74, 6) is 6.38. The Bertz CT molecular complexity index is 1200. The highest BCUT2D eigenvalue weighted by atomic mass is 19.4. The average Bonchev–Trinajstić information content (AvgIpc) is 2.88. The van der Waals surface area contributed by atoms with Gasteiger partial charge < -0.3 is 4.74 Å². The van der Waals surface area contributed by atoms with Crippen molar-refractivity contribution in [2.75, 3.05) is 0 Å². The summed E-state index contributed by atoms with van der Waals surface area (Å²) in [6.45, 7) is 5.07. The molecule has 0 saturated heterocycles. The quantitative estimate of drug-likeness (QED) is 0.217. The Morgan fingerprint density at radius 1 is 0.821 bits per heavy atom. The van der Waals surface area contributed by atoms with Gasteiger partial charge in [0.25, 0.3) is 6.47 Å². The van der Waals surface area contributed by atoms with Crippen LogP contribution in [0, 0.1) is 59.0 Å². The molecule has 39 heavy (non-hydrogen) atoms. The molecule has 2 nitrogen and oxygen atoms in total. The molecule has 3 saturated carbocycles. The van der Waals surface area contributed by atoms with Crippen LogP contribution in [-0.2, 0) is 4.79 Å². The van der Waals surface area contributed by atoms with Gasteiger partial charge in [-0.1, -0.05) is 39.0 Å². The number of benzene rings is 2. The summed E-state index contributed by atoms with van der Waals surface area (Å²) in [4.78, 5) is 10.2. The Kier molecular flexibility index (Phi) is 9.56. The molecule has 4 atom stereocenters. The first-order valence-corrected chi connectivity index (χ1v) is 14.2. The third-order valence-electron chi connectivity index (χ3n) is 9.16. The first-order valence-electron chi connectivity index (χ1n) is 14.2. The lowest BCUT2D eigenvalue weighted by Crippen LogP contribution is -2.34. The molecule has 5 rings (SSSR count). The van der Waals surface area contributed by atoms with Crippen molar-refractivity contribution in [3.63, 3.8) is 0 Å². The molecule has 0 spiro atoms. The van der Waals surface area contributed by atoms with E-state index in [-0.39, 0.29) is 23.0 Å². The van der Waals surface area contributed by atoms with Gasteiger partial charge in [-0.2, -0.15) is 13.2 Å². The minimum absolute atomic E-state index is 0.0295. The second-order valence-corrected chi connectivity index (χ2v) is 11.9. The zero-order valence-corrected chi connectivity index (χ0v) is 22.6.